The summed E-state index contributed by atoms with van der Waals surface area (Å²) >= 11 is 1.66. The van der Waals surface area contributed by atoms with Crippen LogP contribution in [0.3, 0.4) is 0 Å². The molecule has 2 fully saturated rings. The number of thiophene rings is 1. The molecular weight excluding hydrogens is 262 g/mol. The molecule has 4 nitrogen and oxygen atoms in total. The molecule has 1 aromatic rings. The average molecular weight is 279 g/mol. The van der Waals surface area contributed by atoms with Gasteiger partial charge in [0.15, 0.2) is 0 Å². The number of carboxylic acids is 1. The maximum absolute atomic E-state index is 10.5. The van der Waals surface area contributed by atoms with E-state index in [9.17, 15) is 4.79 Å². The highest BCUT2D eigenvalue weighted by Crippen LogP contribution is 2.28. The predicted molar refractivity (Wildman–Crippen MR) is 74.2 cm³/mol. The van der Waals surface area contributed by atoms with Crippen LogP contribution in [0.4, 0.5) is 0 Å². The van der Waals surface area contributed by atoms with Gasteiger partial charge in [-0.1, -0.05) is 0 Å². The highest BCUT2D eigenvalue weighted by Gasteiger charge is 2.33. The molecule has 0 aromatic carbocycles. The van der Waals surface area contributed by atoms with Crippen molar-refractivity contribution in [1.82, 2.24) is 4.90 Å². The number of carbonyl (C=O) groups is 1. The molecule has 3 rings (SSSR count). The van der Waals surface area contributed by atoms with Crippen LogP contribution in [0.15, 0.2) is 18.2 Å². The lowest BCUT2D eigenvalue weighted by Gasteiger charge is -2.31. The third kappa shape index (κ3) is 3.23. The van der Waals surface area contributed by atoms with Crippen molar-refractivity contribution in [3.8, 4) is 0 Å². The zero-order chi connectivity index (χ0) is 13.2. The summed E-state index contributed by atoms with van der Waals surface area (Å²) in [4.78, 5) is 15.2. The van der Waals surface area contributed by atoms with Crippen LogP contribution >= 0.6 is 11.3 Å². The number of nitrogens with zero attached hydrogens (tertiary/aromatic N) is 1. The lowest BCUT2D eigenvalue weighted by atomic mass is 10.2. The van der Waals surface area contributed by atoms with Crippen molar-refractivity contribution in [2.45, 2.75) is 31.6 Å². The number of aliphatic carboxylic acids is 1. The first-order valence-electron chi connectivity index (χ1n) is 6.56. The maximum Gasteiger partial charge on any atom is 0.328 e. The van der Waals surface area contributed by atoms with E-state index in [-0.39, 0.29) is 0 Å². The van der Waals surface area contributed by atoms with Gasteiger partial charge in [0.2, 0.25) is 0 Å². The Bertz CT molecular complexity index is 485. The first-order chi connectivity index (χ1) is 9.19. The minimum atomic E-state index is -0.903. The minimum absolute atomic E-state index is 0.421. The van der Waals surface area contributed by atoms with E-state index in [4.69, 9.17) is 9.84 Å². The first kappa shape index (κ1) is 12.8. The summed E-state index contributed by atoms with van der Waals surface area (Å²) in [5.41, 5.74) is 0. The Labute approximate surface area is 116 Å². The van der Waals surface area contributed by atoms with E-state index in [1.807, 2.05) is 6.07 Å². The molecule has 0 aliphatic carbocycles. The molecule has 0 saturated carbocycles. The van der Waals surface area contributed by atoms with E-state index in [1.54, 1.807) is 17.4 Å². The topological polar surface area (TPSA) is 49.8 Å². The van der Waals surface area contributed by atoms with Gasteiger partial charge in [-0.05, 0) is 31.1 Å². The molecule has 2 saturated heterocycles. The molecule has 0 spiro atoms. The zero-order valence-corrected chi connectivity index (χ0v) is 11.4. The molecule has 102 valence electrons. The largest absolute Gasteiger partial charge is 0.478 e. The second-order valence-corrected chi connectivity index (χ2v) is 6.33. The molecule has 0 amide bonds. The molecule has 2 unspecified atom stereocenters. The van der Waals surface area contributed by atoms with Crippen LogP contribution in [0.5, 0.6) is 0 Å². The Morgan fingerprint density at radius 3 is 2.84 bits per heavy atom. The number of rotatable bonds is 4. The fourth-order valence-electron chi connectivity index (χ4n) is 2.77. The highest BCUT2D eigenvalue weighted by atomic mass is 32.1. The Morgan fingerprint density at radius 2 is 2.16 bits per heavy atom. The van der Waals surface area contributed by atoms with E-state index >= 15 is 0 Å². The zero-order valence-electron chi connectivity index (χ0n) is 10.6. The average Bonchev–Trinajstić information content (AvgIpc) is 2.94. The Morgan fingerprint density at radius 1 is 1.42 bits per heavy atom. The first-order valence-corrected chi connectivity index (χ1v) is 7.38. The minimum Gasteiger partial charge on any atom is -0.478 e. The second-order valence-electron chi connectivity index (χ2n) is 5.13. The van der Waals surface area contributed by atoms with Gasteiger partial charge in [-0.3, -0.25) is 4.90 Å². The summed E-state index contributed by atoms with van der Waals surface area (Å²) < 4.78 is 5.82. The standard InChI is InChI=1S/C14H17NO3S/c16-14(17)6-5-12-3-4-13(19-12)9-15-7-10-1-2-11(8-15)18-10/h3-6,10-11H,1-2,7-9H2,(H,16,17). The van der Waals surface area contributed by atoms with E-state index in [1.165, 1.54) is 23.8 Å². The number of hydrogen-bond acceptors (Lipinski definition) is 4. The lowest BCUT2D eigenvalue weighted by Crippen LogP contribution is -2.41. The summed E-state index contributed by atoms with van der Waals surface area (Å²) in [6, 6.07) is 4.07. The van der Waals surface area contributed by atoms with Crippen LogP contribution < -0.4 is 0 Å². The molecule has 2 atom stereocenters. The fraction of sp³-hybridized carbons (Fsp3) is 0.500. The monoisotopic (exact) mass is 279 g/mol. The molecule has 2 bridgehead atoms. The molecule has 5 heteroatoms. The summed E-state index contributed by atoms with van der Waals surface area (Å²) in [5, 5.41) is 8.60. The van der Waals surface area contributed by atoms with Crippen molar-refractivity contribution >= 4 is 23.4 Å². The molecule has 2 aliphatic heterocycles. The number of likely N-dealkylation sites (tertiary alicyclic amines) is 1. The smallest absolute Gasteiger partial charge is 0.328 e. The van der Waals surface area contributed by atoms with Crippen LogP contribution in [-0.2, 0) is 16.1 Å². The van der Waals surface area contributed by atoms with Crippen molar-refractivity contribution in [2.24, 2.45) is 0 Å². The van der Waals surface area contributed by atoms with Gasteiger partial charge in [-0.25, -0.2) is 4.79 Å². The molecule has 3 heterocycles. The van der Waals surface area contributed by atoms with Gasteiger partial charge in [-0.2, -0.15) is 0 Å². The number of hydrogen-bond donors (Lipinski definition) is 1. The molecule has 2 aliphatic rings. The number of carboxylic acid groups (broad SMARTS) is 1. The highest BCUT2D eigenvalue weighted by molar-refractivity contribution is 7.12. The van der Waals surface area contributed by atoms with E-state index < -0.39 is 5.97 Å². The van der Waals surface area contributed by atoms with E-state index in [2.05, 4.69) is 11.0 Å². The van der Waals surface area contributed by atoms with Gasteiger partial charge in [-0.15, -0.1) is 11.3 Å². The number of ether oxygens (including phenoxy) is 1. The van der Waals surface area contributed by atoms with E-state index in [0.29, 0.717) is 12.2 Å². The van der Waals surface area contributed by atoms with Crippen molar-refractivity contribution in [3.05, 3.63) is 28.0 Å². The van der Waals surface area contributed by atoms with Crippen molar-refractivity contribution < 1.29 is 14.6 Å². The Hall–Kier alpha value is -1.17. The molecule has 1 aromatic heterocycles. The van der Waals surface area contributed by atoms with Crippen molar-refractivity contribution in [3.63, 3.8) is 0 Å². The summed E-state index contributed by atoms with van der Waals surface area (Å²) in [6.07, 6.45) is 6.07. The van der Waals surface area contributed by atoms with Gasteiger partial charge in [0.1, 0.15) is 0 Å². The van der Waals surface area contributed by atoms with Crippen molar-refractivity contribution in [2.75, 3.05) is 13.1 Å². The predicted octanol–water partition coefficient (Wildman–Crippen LogP) is 2.21. The molecule has 1 N–H and O–H groups in total. The fourth-order valence-corrected chi connectivity index (χ4v) is 3.73. The van der Waals surface area contributed by atoms with Crippen LogP contribution in [0.2, 0.25) is 0 Å². The molecule has 0 radical (unpaired) electrons. The number of fused-ring (bicyclic) bond motifs is 2. The van der Waals surface area contributed by atoms with Gasteiger partial charge in [0, 0.05) is 35.5 Å². The van der Waals surface area contributed by atoms with E-state index in [0.717, 1.165) is 24.5 Å². The Kier molecular flexibility index (Phi) is 3.68. The normalized spacial score (nSPS) is 27.2. The van der Waals surface area contributed by atoms with Crippen molar-refractivity contribution in [1.29, 1.82) is 0 Å². The van der Waals surface area contributed by atoms with Crippen LogP contribution in [-0.4, -0.2) is 41.3 Å². The second kappa shape index (κ2) is 5.45. The summed E-state index contributed by atoms with van der Waals surface area (Å²) in [5.74, 6) is -0.903. The van der Waals surface area contributed by atoms with Gasteiger partial charge >= 0.3 is 5.97 Å². The quantitative estimate of drug-likeness (QED) is 0.859. The molecular formula is C14H17NO3S. The van der Waals surface area contributed by atoms with Gasteiger partial charge in [0.05, 0.1) is 12.2 Å². The summed E-state index contributed by atoms with van der Waals surface area (Å²) in [7, 11) is 0. The molecule has 19 heavy (non-hydrogen) atoms. The SMILES string of the molecule is O=C(O)C=Cc1ccc(CN2CC3CCC(C2)O3)s1. The van der Waals surface area contributed by atoms with Crippen LogP contribution in [0.25, 0.3) is 6.08 Å². The number of morpholine rings is 1. The van der Waals surface area contributed by atoms with Crippen LogP contribution in [0, 0.1) is 0 Å². The maximum atomic E-state index is 10.5. The third-order valence-corrected chi connectivity index (χ3v) is 4.61. The van der Waals surface area contributed by atoms with Gasteiger partial charge < -0.3 is 9.84 Å². The Balaban J connectivity index is 1.59. The van der Waals surface area contributed by atoms with Crippen LogP contribution in [0.1, 0.15) is 22.6 Å². The summed E-state index contributed by atoms with van der Waals surface area (Å²) in [6.45, 7) is 2.99. The third-order valence-electron chi connectivity index (χ3n) is 3.57. The lowest BCUT2D eigenvalue weighted by molar-refractivity contribution is -0.131. The van der Waals surface area contributed by atoms with Gasteiger partial charge in [0.25, 0.3) is 0 Å².